The molecular weight excluding hydrogens is 552 g/mol. The highest BCUT2D eigenvalue weighted by Gasteiger charge is 2.32. The summed E-state index contributed by atoms with van der Waals surface area (Å²) >= 11 is 1.72. The van der Waals surface area contributed by atoms with E-state index in [0.29, 0.717) is 80.8 Å². The molecule has 3 heterocycles. The van der Waals surface area contributed by atoms with Crippen LogP contribution in [0.5, 0.6) is 34.5 Å². The van der Waals surface area contributed by atoms with E-state index in [2.05, 4.69) is 0 Å². The summed E-state index contributed by atoms with van der Waals surface area (Å²) in [6, 6.07) is 3.46. The number of fused-ring (bicyclic) bond motifs is 2. The SMILES string of the molecule is COc1c(C(C)=O)c(OCC2CCC(COc3c(C(C)=O)c(OC)c4ccoc4c3OC)S2)c(OC)c2occc12. The zero-order valence-electron chi connectivity index (χ0n) is 23.8. The molecule has 2 aromatic carbocycles. The number of carbonyl (C=O) groups is 2. The largest absolute Gasteiger partial charge is 0.495 e. The first-order valence-corrected chi connectivity index (χ1v) is 14.0. The second-order valence-electron chi connectivity index (χ2n) is 9.56. The fourth-order valence-electron chi connectivity index (χ4n) is 5.32. The molecule has 2 unspecified atom stereocenters. The maximum Gasteiger partial charge on any atom is 0.205 e. The summed E-state index contributed by atoms with van der Waals surface area (Å²) in [5.41, 5.74) is 1.53. The monoisotopic (exact) mass is 584 g/mol. The Morgan fingerprint density at radius 3 is 1.41 bits per heavy atom. The summed E-state index contributed by atoms with van der Waals surface area (Å²) < 4.78 is 46.2. The highest BCUT2D eigenvalue weighted by atomic mass is 32.2. The molecule has 2 atom stereocenters. The van der Waals surface area contributed by atoms with E-state index in [-0.39, 0.29) is 22.1 Å². The Morgan fingerprint density at radius 1 is 0.683 bits per heavy atom. The quantitative estimate of drug-likeness (QED) is 0.174. The first-order chi connectivity index (χ1) is 19.8. The second-order valence-corrected chi connectivity index (χ2v) is 11.2. The molecule has 1 saturated heterocycles. The van der Waals surface area contributed by atoms with Crippen molar-refractivity contribution in [3.05, 3.63) is 35.8 Å². The molecule has 0 bridgehead atoms. The fraction of sp³-hybridized carbons (Fsp3) is 0.400. The van der Waals surface area contributed by atoms with Gasteiger partial charge in [-0.1, -0.05) is 0 Å². The Kier molecular flexibility index (Phi) is 8.25. The van der Waals surface area contributed by atoms with E-state index in [1.54, 1.807) is 23.9 Å². The van der Waals surface area contributed by atoms with E-state index in [1.807, 2.05) is 0 Å². The number of Topliss-reactive ketones (excluding diaryl/α,β-unsaturated/α-hetero) is 2. The number of rotatable bonds is 12. The van der Waals surface area contributed by atoms with Crippen LogP contribution >= 0.6 is 11.8 Å². The molecule has 0 aliphatic carbocycles. The molecule has 0 saturated carbocycles. The number of hydrogen-bond donors (Lipinski definition) is 0. The van der Waals surface area contributed by atoms with Gasteiger partial charge < -0.3 is 37.3 Å². The molecule has 4 aromatic rings. The van der Waals surface area contributed by atoms with E-state index in [0.717, 1.165) is 12.8 Å². The number of carbonyl (C=O) groups excluding carboxylic acids is 2. The summed E-state index contributed by atoms with van der Waals surface area (Å²) in [6.07, 6.45) is 4.78. The van der Waals surface area contributed by atoms with Crippen LogP contribution in [0.2, 0.25) is 0 Å². The zero-order valence-corrected chi connectivity index (χ0v) is 24.6. The predicted octanol–water partition coefficient (Wildman–Crippen LogP) is 6.34. The minimum atomic E-state index is -0.206. The Morgan fingerprint density at radius 2 is 1.07 bits per heavy atom. The third-order valence-electron chi connectivity index (χ3n) is 7.10. The summed E-state index contributed by atoms with van der Waals surface area (Å²) in [5, 5.41) is 1.53. The van der Waals surface area contributed by atoms with Crippen molar-refractivity contribution in [2.75, 3.05) is 41.7 Å². The topological polar surface area (TPSA) is 116 Å². The number of ketones is 2. The lowest BCUT2D eigenvalue weighted by atomic mass is 10.0. The van der Waals surface area contributed by atoms with Gasteiger partial charge in [0.15, 0.2) is 34.2 Å². The van der Waals surface area contributed by atoms with Crippen LogP contribution in [0.15, 0.2) is 33.5 Å². The molecule has 0 radical (unpaired) electrons. The van der Waals surface area contributed by atoms with Crippen LogP contribution < -0.4 is 28.4 Å². The smallest absolute Gasteiger partial charge is 0.205 e. The first kappa shape index (κ1) is 28.5. The molecule has 1 fully saturated rings. The normalized spacial score (nSPS) is 16.6. The number of hydrogen-bond acceptors (Lipinski definition) is 11. The molecule has 0 amide bonds. The van der Waals surface area contributed by atoms with Gasteiger partial charge in [0, 0.05) is 10.5 Å². The number of methoxy groups -OCH3 is 4. The molecule has 5 rings (SSSR count). The first-order valence-electron chi connectivity index (χ1n) is 13.1. The minimum absolute atomic E-state index is 0.127. The lowest BCUT2D eigenvalue weighted by Crippen LogP contribution is -2.16. The van der Waals surface area contributed by atoms with Gasteiger partial charge in [-0.25, -0.2) is 0 Å². The van der Waals surface area contributed by atoms with Crippen molar-refractivity contribution in [3.63, 3.8) is 0 Å². The summed E-state index contributed by atoms with van der Waals surface area (Å²) in [4.78, 5) is 25.3. The molecule has 11 heteroatoms. The average Bonchev–Trinajstić information content (AvgIpc) is 3.73. The van der Waals surface area contributed by atoms with Gasteiger partial charge in [0.05, 0.1) is 51.7 Å². The van der Waals surface area contributed by atoms with Crippen molar-refractivity contribution in [2.45, 2.75) is 37.2 Å². The lowest BCUT2D eigenvalue weighted by molar-refractivity contribution is 0.0996. The van der Waals surface area contributed by atoms with Crippen molar-refractivity contribution in [3.8, 4) is 34.5 Å². The summed E-state index contributed by atoms with van der Waals surface area (Å²) in [7, 11) is 6.04. The van der Waals surface area contributed by atoms with Crippen LogP contribution in [-0.4, -0.2) is 63.7 Å². The van der Waals surface area contributed by atoms with Crippen LogP contribution in [-0.2, 0) is 0 Å². The molecule has 0 spiro atoms. The summed E-state index contributed by atoms with van der Waals surface area (Å²) in [5.74, 6) is 1.67. The molecule has 218 valence electrons. The van der Waals surface area contributed by atoms with Gasteiger partial charge in [0.2, 0.25) is 11.5 Å². The number of ether oxygens (including phenoxy) is 6. The Labute approximate surface area is 241 Å². The third kappa shape index (κ3) is 5.03. The molecule has 10 nitrogen and oxygen atoms in total. The van der Waals surface area contributed by atoms with E-state index >= 15 is 0 Å². The van der Waals surface area contributed by atoms with Crippen LogP contribution in [0.4, 0.5) is 0 Å². The highest BCUT2D eigenvalue weighted by molar-refractivity contribution is 8.00. The van der Waals surface area contributed by atoms with E-state index in [1.165, 1.54) is 54.8 Å². The maximum absolute atomic E-state index is 12.7. The molecular formula is C30H32O10S. The van der Waals surface area contributed by atoms with Gasteiger partial charge in [-0.15, -0.1) is 11.8 Å². The Balaban J connectivity index is 1.34. The molecule has 1 aliphatic rings. The van der Waals surface area contributed by atoms with Crippen molar-refractivity contribution >= 4 is 45.3 Å². The van der Waals surface area contributed by atoms with E-state index in [4.69, 9.17) is 37.3 Å². The standard InChI is InChI=1S/C30H32O10S/c1-15(31)21-23(33-3)19-9-11-37-25(19)29(35-5)27(21)39-13-17-7-8-18(41-17)14-40-28-22(16(2)32)24(34-4)20-10-12-38-26(20)30(28)36-6/h9-12,17-18H,7-8,13-14H2,1-6H3. The van der Waals surface area contributed by atoms with Crippen molar-refractivity contribution in [1.29, 1.82) is 0 Å². The van der Waals surface area contributed by atoms with E-state index < -0.39 is 0 Å². The molecule has 1 aliphatic heterocycles. The van der Waals surface area contributed by atoms with Gasteiger partial charge in [-0.3, -0.25) is 9.59 Å². The zero-order chi connectivity index (χ0) is 29.3. The maximum atomic E-state index is 12.7. The Hall–Kier alpha value is -3.99. The minimum Gasteiger partial charge on any atom is -0.495 e. The van der Waals surface area contributed by atoms with Crippen LogP contribution in [0.3, 0.4) is 0 Å². The van der Waals surface area contributed by atoms with Gasteiger partial charge >= 0.3 is 0 Å². The van der Waals surface area contributed by atoms with Crippen molar-refractivity contribution in [1.82, 2.24) is 0 Å². The van der Waals surface area contributed by atoms with Crippen molar-refractivity contribution in [2.24, 2.45) is 0 Å². The molecule has 2 aromatic heterocycles. The van der Waals surface area contributed by atoms with Crippen LogP contribution in [0.1, 0.15) is 47.4 Å². The third-order valence-corrected chi connectivity index (χ3v) is 8.61. The lowest BCUT2D eigenvalue weighted by Gasteiger charge is -2.20. The number of thioether (sulfide) groups is 1. The Bertz CT molecular complexity index is 1480. The van der Waals surface area contributed by atoms with Crippen LogP contribution in [0.25, 0.3) is 21.9 Å². The fourth-order valence-corrected chi connectivity index (χ4v) is 6.71. The highest BCUT2D eigenvalue weighted by Crippen LogP contribution is 2.49. The van der Waals surface area contributed by atoms with Crippen LogP contribution in [0, 0.1) is 0 Å². The van der Waals surface area contributed by atoms with E-state index in [9.17, 15) is 9.59 Å². The second kappa shape index (κ2) is 11.9. The van der Waals surface area contributed by atoms with Crippen molar-refractivity contribution < 1.29 is 46.8 Å². The molecule has 0 N–H and O–H groups in total. The van der Waals surface area contributed by atoms with Gasteiger partial charge in [-0.2, -0.15) is 0 Å². The summed E-state index contributed by atoms with van der Waals surface area (Å²) in [6.45, 7) is 3.60. The van der Waals surface area contributed by atoms with Gasteiger partial charge in [0.25, 0.3) is 0 Å². The molecule has 41 heavy (non-hydrogen) atoms. The number of furan rings is 2. The number of benzene rings is 2. The van der Waals surface area contributed by atoms with Gasteiger partial charge in [-0.05, 0) is 38.8 Å². The van der Waals surface area contributed by atoms with Gasteiger partial charge in [0.1, 0.15) is 35.8 Å². The predicted molar refractivity (Wildman–Crippen MR) is 154 cm³/mol. The average molecular weight is 585 g/mol.